The summed E-state index contributed by atoms with van der Waals surface area (Å²) in [6, 6.07) is 13.5. The number of benzene rings is 2. The molecule has 0 aliphatic heterocycles. The van der Waals surface area contributed by atoms with Crippen LogP contribution in [0.4, 0.5) is 5.69 Å². The van der Waals surface area contributed by atoms with Gasteiger partial charge in [0, 0.05) is 17.5 Å². The van der Waals surface area contributed by atoms with E-state index in [0.29, 0.717) is 11.2 Å². The topological polar surface area (TPSA) is 103 Å². The highest BCUT2D eigenvalue weighted by atomic mass is 16.6. The third-order valence-corrected chi connectivity index (χ3v) is 5.82. The van der Waals surface area contributed by atoms with Gasteiger partial charge in [-0.05, 0) is 44.0 Å². The Hall–Kier alpha value is -3.68. The molecule has 1 aliphatic carbocycles. The highest BCUT2D eigenvalue weighted by Gasteiger charge is 2.26. The lowest BCUT2D eigenvalue weighted by Gasteiger charge is -2.22. The number of rotatable bonds is 6. The molecule has 1 aliphatic rings. The summed E-state index contributed by atoms with van der Waals surface area (Å²) in [6.07, 6.45) is 5.01. The minimum atomic E-state index is -0.561. The molecule has 1 N–H and O–H groups in total. The van der Waals surface area contributed by atoms with E-state index in [1.54, 1.807) is 23.6 Å². The summed E-state index contributed by atoms with van der Waals surface area (Å²) in [6.45, 7) is 1.93. The van der Waals surface area contributed by atoms with Crippen LogP contribution in [-0.2, 0) is 4.74 Å². The van der Waals surface area contributed by atoms with Crippen LogP contribution in [0.25, 0.3) is 16.6 Å². The van der Waals surface area contributed by atoms with Crippen LogP contribution >= 0.6 is 0 Å². The molecule has 0 spiro atoms. The van der Waals surface area contributed by atoms with Gasteiger partial charge in [-0.15, -0.1) is 0 Å². The van der Waals surface area contributed by atoms with E-state index in [9.17, 15) is 19.7 Å². The molecule has 1 saturated carbocycles. The number of nitrogens with zero attached hydrogens (tertiary/aromatic N) is 2. The number of ether oxygens (including phenoxy) is 1. The van der Waals surface area contributed by atoms with Gasteiger partial charge in [-0.2, -0.15) is 0 Å². The van der Waals surface area contributed by atoms with E-state index in [2.05, 4.69) is 5.32 Å². The highest BCUT2D eigenvalue weighted by Crippen LogP contribution is 2.29. The summed E-state index contributed by atoms with van der Waals surface area (Å²) >= 11 is 0. The van der Waals surface area contributed by atoms with Gasteiger partial charge in [0.05, 0.1) is 22.7 Å². The fourth-order valence-corrected chi connectivity index (χ4v) is 4.30. The van der Waals surface area contributed by atoms with Gasteiger partial charge < -0.3 is 14.6 Å². The molecule has 1 aromatic heterocycles. The number of para-hydroxylation sites is 1. The monoisotopic (exact) mass is 435 g/mol. The molecule has 2 aromatic carbocycles. The Bertz CT molecular complexity index is 1180. The third-order valence-electron chi connectivity index (χ3n) is 5.82. The summed E-state index contributed by atoms with van der Waals surface area (Å²) in [5, 5.41) is 15.6. The lowest BCUT2D eigenvalue weighted by Crippen LogP contribution is -2.36. The SMILES string of the molecule is CCOC(=O)c1cc2ccccc2n1-c1ccc(C(=O)NC2CCCCC2)c([N+](=O)[O-])c1. The molecule has 8 heteroatoms. The molecule has 166 valence electrons. The van der Waals surface area contributed by atoms with Crippen molar-refractivity contribution in [1.29, 1.82) is 0 Å². The Labute approximate surface area is 185 Å². The fraction of sp³-hybridized carbons (Fsp3) is 0.333. The number of hydrogen-bond acceptors (Lipinski definition) is 5. The molecule has 3 aromatic rings. The number of amides is 1. The fourth-order valence-electron chi connectivity index (χ4n) is 4.30. The van der Waals surface area contributed by atoms with Crippen LogP contribution in [0.2, 0.25) is 0 Å². The number of aromatic nitrogens is 1. The number of fused-ring (bicyclic) bond motifs is 1. The Kier molecular flexibility index (Phi) is 6.20. The van der Waals surface area contributed by atoms with Crippen LogP contribution < -0.4 is 5.32 Å². The standard InChI is InChI=1S/C24H25N3O5/c1-2-32-24(29)22-14-16-8-6-7-11-20(16)26(22)18-12-13-19(21(15-18)27(30)31)23(28)25-17-9-4-3-5-10-17/h6-8,11-15,17H,2-5,9-10H2,1H3,(H,25,28). The number of hydrogen-bond donors (Lipinski definition) is 1. The maximum atomic E-state index is 12.8. The van der Waals surface area contributed by atoms with Gasteiger partial charge in [-0.3, -0.25) is 14.9 Å². The number of nitrogens with one attached hydrogen (secondary N) is 1. The van der Waals surface area contributed by atoms with Crippen LogP contribution in [0.3, 0.4) is 0 Å². The quantitative estimate of drug-likeness (QED) is 0.341. The van der Waals surface area contributed by atoms with Crippen molar-refractivity contribution in [2.75, 3.05) is 6.61 Å². The molecule has 0 atom stereocenters. The zero-order valence-corrected chi connectivity index (χ0v) is 17.9. The van der Waals surface area contributed by atoms with E-state index in [-0.39, 0.29) is 29.6 Å². The van der Waals surface area contributed by atoms with Gasteiger partial charge in [0.25, 0.3) is 11.6 Å². The molecule has 0 saturated heterocycles. The molecule has 0 bridgehead atoms. The van der Waals surface area contributed by atoms with E-state index in [1.165, 1.54) is 12.1 Å². The largest absolute Gasteiger partial charge is 0.461 e. The number of carbonyl (C=O) groups excluding carboxylic acids is 2. The molecule has 32 heavy (non-hydrogen) atoms. The zero-order chi connectivity index (χ0) is 22.7. The van der Waals surface area contributed by atoms with Crippen molar-refractivity contribution in [3.8, 4) is 5.69 Å². The summed E-state index contributed by atoms with van der Waals surface area (Å²) < 4.78 is 6.81. The average molecular weight is 435 g/mol. The van der Waals surface area contributed by atoms with Crippen molar-refractivity contribution in [1.82, 2.24) is 9.88 Å². The van der Waals surface area contributed by atoms with E-state index in [0.717, 1.165) is 37.5 Å². The lowest BCUT2D eigenvalue weighted by atomic mass is 9.95. The lowest BCUT2D eigenvalue weighted by molar-refractivity contribution is -0.385. The summed E-state index contributed by atoms with van der Waals surface area (Å²) in [4.78, 5) is 36.7. The molecule has 1 fully saturated rings. The van der Waals surface area contributed by atoms with E-state index in [4.69, 9.17) is 4.74 Å². The second kappa shape index (κ2) is 9.21. The van der Waals surface area contributed by atoms with Gasteiger partial charge in [0.15, 0.2) is 0 Å². The van der Waals surface area contributed by atoms with Crippen LogP contribution in [0, 0.1) is 10.1 Å². The first-order valence-corrected chi connectivity index (χ1v) is 10.9. The van der Waals surface area contributed by atoms with Crippen LogP contribution in [0.1, 0.15) is 59.9 Å². The van der Waals surface area contributed by atoms with Gasteiger partial charge in [0.1, 0.15) is 11.3 Å². The first-order chi connectivity index (χ1) is 15.5. The molecular weight excluding hydrogens is 410 g/mol. The number of nitro benzene ring substituents is 1. The van der Waals surface area contributed by atoms with Gasteiger partial charge in [-0.25, -0.2) is 4.79 Å². The molecule has 8 nitrogen and oxygen atoms in total. The van der Waals surface area contributed by atoms with Crippen molar-refractivity contribution in [3.63, 3.8) is 0 Å². The van der Waals surface area contributed by atoms with E-state index >= 15 is 0 Å². The van der Waals surface area contributed by atoms with Gasteiger partial charge in [0.2, 0.25) is 0 Å². The van der Waals surface area contributed by atoms with E-state index in [1.807, 2.05) is 24.3 Å². The maximum Gasteiger partial charge on any atom is 0.355 e. The van der Waals surface area contributed by atoms with Crippen molar-refractivity contribution >= 4 is 28.5 Å². The van der Waals surface area contributed by atoms with Crippen molar-refractivity contribution in [3.05, 3.63) is 69.9 Å². The zero-order valence-electron chi connectivity index (χ0n) is 17.9. The van der Waals surface area contributed by atoms with Gasteiger partial charge >= 0.3 is 5.97 Å². The maximum absolute atomic E-state index is 12.8. The van der Waals surface area contributed by atoms with Crippen LogP contribution in [-0.4, -0.2) is 34.0 Å². The number of nitro groups is 1. The Morgan fingerprint density at radius 3 is 2.59 bits per heavy atom. The minimum Gasteiger partial charge on any atom is -0.461 e. The predicted molar refractivity (Wildman–Crippen MR) is 120 cm³/mol. The normalized spacial score (nSPS) is 14.3. The first kappa shape index (κ1) is 21.5. The van der Waals surface area contributed by atoms with Crippen molar-refractivity contribution in [2.24, 2.45) is 0 Å². The van der Waals surface area contributed by atoms with Crippen molar-refractivity contribution < 1.29 is 19.2 Å². The third kappa shape index (κ3) is 4.21. The Morgan fingerprint density at radius 2 is 1.88 bits per heavy atom. The van der Waals surface area contributed by atoms with Gasteiger partial charge in [-0.1, -0.05) is 37.5 Å². The second-order valence-corrected chi connectivity index (χ2v) is 7.91. The minimum absolute atomic E-state index is 0.0125. The van der Waals surface area contributed by atoms with Crippen LogP contribution in [0.15, 0.2) is 48.5 Å². The average Bonchev–Trinajstić information content (AvgIpc) is 3.19. The first-order valence-electron chi connectivity index (χ1n) is 10.9. The smallest absolute Gasteiger partial charge is 0.355 e. The van der Waals surface area contributed by atoms with Crippen molar-refractivity contribution in [2.45, 2.75) is 45.1 Å². The summed E-state index contributed by atoms with van der Waals surface area (Å²) in [5.74, 6) is -0.969. The van der Waals surface area contributed by atoms with Crippen LogP contribution in [0.5, 0.6) is 0 Å². The molecule has 1 heterocycles. The number of esters is 1. The molecule has 1 amide bonds. The predicted octanol–water partition coefficient (Wildman–Crippen LogP) is 4.78. The molecular formula is C24H25N3O5. The highest BCUT2D eigenvalue weighted by molar-refractivity contribution is 6.00. The summed E-state index contributed by atoms with van der Waals surface area (Å²) in [7, 11) is 0. The molecule has 0 unspecified atom stereocenters. The second-order valence-electron chi connectivity index (χ2n) is 7.91. The van der Waals surface area contributed by atoms with E-state index < -0.39 is 16.8 Å². The number of carbonyl (C=O) groups is 2. The molecule has 4 rings (SSSR count). The Morgan fingerprint density at radius 1 is 1.12 bits per heavy atom. The molecule has 0 radical (unpaired) electrons. The summed E-state index contributed by atoms with van der Waals surface area (Å²) in [5.41, 5.74) is 1.10. The Balaban J connectivity index is 1.77.